The van der Waals surface area contributed by atoms with Crippen molar-refractivity contribution in [1.82, 2.24) is 0 Å². The van der Waals surface area contributed by atoms with E-state index >= 15 is 0 Å². The topological polar surface area (TPSA) is 26.3 Å². The molecule has 0 spiro atoms. The van der Waals surface area contributed by atoms with Crippen LogP contribution in [-0.2, 0) is 9.53 Å². The molecule has 0 aromatic rings. The van der Waals surface area contributed by atoms with Crippen molar-refractivity contribution in [2.75, 3.05) is 6.61 Å². The van der Waals surface area contributed by atoms with E-state index in [9.17, 15) is 4.79 Å². The van der Waals surface area contributed by atoms with Gasteiger partial charge in [-0.25, -0.2) is 0 Å². The molecule has 0 heterocycles. The Morgan fingerprint density at radius 2 is 2.33 bits per heavy atom. The van der Waals surface area contributed by atoms with Crippen molar-refractivity contribution in [3.05, 3.63) is 0 Å². The van der Waals surface area contributed by atoms with Gasteiger partial charge in [-0.1, -0.05) is 0 Å². The van der Waals surface area contributed by atoms with Gasteiger partial charge in [0.25, 0.3) is 6.47 Å². The summed E-state index contributed by atoms with van der Waals surface area (Å²) in [4.78, 5) is 9.18. The summed E-state index contributed by atoms with van der Waals surface area (Å²) in [7, 11) is 0. The number of hydrogen-bond acceptors (Lipinski definition) is 2. The third kappa shape index (κ3) is 8.82. The number of carbonyl (C=O) groups excluding carboxylic acids is 1. The summed E-state index contributed by atoms with van der Waals surface area (Å²) in [6, 6.07) is 0. The molecule has 31 valence electrons. The molecule has 0 amide bonds. The van der Waals surface area contributed by atoms with Crippen LogP contribution in [0.4, 0.5) is 0 Å². The second-order valence-corrected chi connectivity index (χ2v) is 0.552. The Balaban J connectivity index is 0. The summed E-state index contributed by atoms with van der Waals surface area (Å²) in [5, 5.41) is 0. The first-order valence-electron chi connectivity index (χ1n) is 1.47. The van der Waals surface area contributed by atoms with Gasteiger partial charge in [-0.2, -0.15) is 0 Å². The molecule has 0 saturated carbocycles. The molecule has 6 heavy (non-hydrogen) atoms. The summed E-state index contributed by atoms with van der Waals surface area (Å²) in [5.74, 6) is 0. The maximum atomic E-state index is 9.18. The van der Waals surface area contributed by atoms with Crippen LogP contribution in [0.1, 0.15) is 6.92 Å². The van der Waals surface area contributed by atoms with Crippen LogP contribution in [-0.4, -0.2) is 42.6 Å². The predicted octanol–water partition coefficient (Wildman–Crippen LogP) is -0.202. The summed E-state index contributed by atoms with van der Waals surface area (Å²) < 4.78 is 4.15. The first kappa shape index (κ1) is 9.69. The predicted molar refractivity (Wildman–Crippen MR) is 23.4 cm³/mol. The number of carbonyl (C=O) groups is 1. The number of rotatable bonds is 2. The zero-order chi connectivity index (χ0) is 4.12. The Morgan fingerprint density at radius 1 is 1.83 bits per heavy atom. The zero-order valence-electron chi connectivity index (χ0n) is 4.10. The summed E-state index contributed by atoms with van der Waals surface area (Å²) in [6.07, 6.45) is 0. The van der Waals surface area contributed by atoms with E-state index in [0.29, 0.717) is 13.1 Å². The van der Waals surface area contributed by atoms with Gasteiger partial charge in [0.15, 0.2) is 0 Å². The molecule has 0 atom stereocenters. The maximum absolute atomic E-state index is 9.18. The van der Waals surface area contributed by atoms with Crippen LogP contribution in [0.2, 0.25) is 0 Å². The van der Waals surface area contributed by atoms with E-state index in [2.05, 4.69) is 4.74 Å². The molecule has 3 heteroatoms. The Kier molecular flexibility index (Phi) is 14.7. The van der Waals surface area contributed by atoms with Crippen molar-refractivity contribution in [1.29, 1.82) is 0 Å². The minimum atomic E-state index is 0. The van der Waals surface area contributed by atoms with Crippen molar-refractivity contribution in [3.8, 4) is 0 Å². The Hall–Kier alpha value is 0.470. The van der Waals surface area contributed by atoms with Crippen molar-refractivity contribution in [2.24, 2.45) is 0 Å². The van der Waals surface area contributed by atoms with E-state index in [1.807, 2.05) is 0 Å². The van der Waals surface area contributed by atoms with Crippen LogP contribution in [0.25, 0.3) is 0 Å². The van der Waals surface area contributed by atoms with Crippen LogP contribution in [0.15, 0.2) is 0 Å². The van der Waals surface area contributed by atoms with Crippen molar-refractivity contribution in [3.63, 3.8) is 0 Å². The summed E-state index contributed by atoms with van der Waals surface area (Å²) in [5.41, 5.74) is 0. The molecule has 0 unspecified atom stereocenters. The molecular formula is C3H6NaO2. The molecule has 0 aliphatic carbocycles. The molecule has 0 bridgehead atoms. The second kappa shape index (κ2) is 9.08. The minimum absolute atomic E-state index is 0. The molecule has 0 fully saturated rings. The molecule has 0 rings (SSSR count). The van der Waals surface area contributed by atoms with E-state index < -0.39 is 0 Å². The van der Waals surface area contributed by atoms with Gasteiger partial charge in [-0.15, -0.1) is 0 Å². The van der Waals surface area contributed by atoms with Gasteiger partial charge in [0, 0.05) is 29.6 Å². The smallest absolute Gasteiger partial charge is 0.293 e. The third-order valence-electron chi connectivity index (χ3n) is 0.235. The molecule has 0 aliphatic heterocycles. The van der Waals surface area contributed by atoms with E-state index in [4.69, 9.17) is 0 Å². The molecular weight excluding hydrogens is 91.0 g/mol. The van der Waals surface area contributed by atoms with Crippen LogP contribution in [0.5, 0.6) is 0 Å². The van der Waals surface area contributed by atoms with Gasteiger partial charge >= 0.3 is 0 Å². The van der Waals surface area contributed by atoms with Gasteiger partial charge in [0.05, 0.1) is 6.61 Å². The van der Waals surface area contributed by atoms with Crippen molar-refractivity contribution >= 4 is 36.0 Å². The van der Waals surface area contributed by atoms with Gasteiger partial charge in [0.2, 0.25) is 0 Å². The molecule has 2 nitrogen and oxygen atoms in total. The fourth-order valence-corrected chi connectivity index (χ4v) is 0.0680. The maximum Gasteiger partial charge on any atom is 0.293 e. The molecule has 0 aliphatic rings. The second-order valence-electron chi connectivity index (χ2n) is 0.552. The first-order chi connectivity index (χ1) is 2.41. The first-order valence-corrected chi connectivity index (χ1v) is 1.47. The Morgan fingerprint density at radius 3 is 2.33 bits per heavy atom. The molecule has 0 aromatic heterocycles. The van der Waals surface area contributed by atoms with E-state index in [1.54, 1.807) is 6.92 Å². The average molecular weight is 97.1 g/mol. The summed E-state index contributed by atoms with van der Waals surface area (Å²) in [6.45, 7) is 2.66. The van der Waals surface area contributed by atoms with Crippen LogP contribution in [0, 0.1) is 0 Å². The fourth-order valence-electron chi connectivity index (χ4n) is 0.0680. The molecule has 0 saturated heterocycles. The van der Waals surface area contributed by atoms with Gasteiger partial charge in [-0.05, 0) is 6.92 Å². The van der Waals surface area contributed by atoms with Gasteiger partial charge < -0.3 is 4.74 Å². The van der Waals surface area contributed by atoms with E-state index in [0.717, 1.165) is 0 Å². The number of ether oxygens (including phenoxy) is 1. The average Bonchev–Trinajstić information content (AvgIpc) is 1.41. The van der Waals surface area contributed by atoms with Crippen molar-refractivity contribution in [2.45, 2.75) is 6.92 Å². The SMILES string of the molecule is CCOC=O.[Na]. The zero-order valence-corrected chi connectivity index (χ0v) is 6.10. The van der Waals surface area contributed by atoms with Crippen LogP contribution < -0.4 is 0 Å². The standard InChI is InChI=1S/C3H6O2.Na/c1-2-5-3-4;/h3H,2H2,1H3;. The molecule has 0 N–H and O–H groups in total. The molecule has 1 radical (unpaired) electrons. The quantitative estimate of drug-likeness (QED) is 0.352. The Labute approximate surface area is 59.2 Å². The van der Waals surface area contributed by atoms with Crippen LogP contribution >= 0.6 is 0 Å². The van der Waals surface area contributed by atoms with Crippen LogP contribution in [0.3, 0.4) is 0 Å². The van der Waals surface area contributed by atoms with Crippen molar-refractivity contribution < 1.29 is 9.53 Å². The Bertz CT molecular complexity index is 30.0. The summed E-state index contributed by atoms with van der Waals surface area (Å²) >= 11 is 0. The third-order valence-corrected chi connectivity index (χ3v) is 0.235. The van der Waals surface area contributed by atoms with Gasteiger partial charge in [-0.3, -0.25) is 4.79 Å². The number of hydrogen-bond donors (Lipinski definition) is 0. The largest absolute Gasteiger partial charge is 0.468 e. The fraction of sp³-hybridized carbons (Fsp3) is 0.667. The normalized spacial score (nSPS) is 5.50. The monoisotopic (exact) mass is 97.0 g/mol. The minimum Gasteiger partial charge on any atom is -0.468 e. The molecule has 0 aromatic carbocycles. The van der Waals surface area contributed by atoms with Gasteiger partial charge in [0.1, 0.15) is 0 Å². The van der Waals surface area contributed by atoms with E-state index in [1.165, 1.54) is 0 Å². The van der Waals surface area contributed by atoms with E-state index in [-0.39, 0.29) is 29.6 Å².